The molecule has 0 aliphatic carbocycles. The van der Waals surface area contributed by atoms with Crippen LogP contribution in [0, 0.1) is 0 Å². The number of anilines is 1. The SMILES string of the molecule is O=C1CCC(C(=O)Nc2nc(-c3c[nH]c4ncccc34)cs2)O1. The molecule has 23 heavy (non-hydrogen) atoms. The topological polar surface area (TPSA) is 97.0 Å². The number of pyridine rings is 1. The van der Waals surface area contributed by atoms with Crippen LogP contribution in [-0.4, -0.2) is 32.9 Å². The number of rotatable bonds is 3. The molecule has 8 heteroatoms. The van der Waals surface area contributed by atoms with Crippen LogP contribution in [-0.2, 0) is 14.3 Å². The second-order valence-electron chi connectivity index (χ2n) is 5.15. The van der Waals surface area contributed by atoms with Crippen LogP contribution < -0.4 is 5.32 Å². The highest BCUT2D eigenvalue weighted by Crippen LogP contribution is 2.30. The van der Waals surface area contributed by atoms with Gasteiger partial charge in [-0.2, -0.15) is 0 Å². The lowest BCUT2D eigenvalue weighted by Crippen LogP contribution is -2.27. The molecule has 0 aromatic carbocycles. The lowest BCUT2D eigenvalue weighted by Gasteiger charge is -2.07. The number of H-pyrrole nitrogens is 1. The van der Waals surface area contributed by atoms with Gasteiger partial charge in [0.15, 0.2) is 11.2 Å². The van der Waals surface area contributed by atoms with E-state index in [1.165, 1.54) is 11.3 Å². The Kier molecular flexibility index (Phi) is 3.30. The van der Waals surface area contributed by atoms with Crippen LogP contribution in [0.15, 0.2) is 29.9 Å². The van der Waals surface area contributed by atoms with Crippen molar-refractivity contribution < 1.29 is 14.3 Å². The quantitative estimate of drug-likeness (QED) is 0.719. The normalized spacial score (nSPS) is 17.4. The zero-order valence-corrected chi connectivity index (χ0v) is 12.7. The predicted molar refractivity (Wildman–Crippen MR) is 84.9 cm³/mol. The summed E-state index contributed by atoms with van der Waals surface area (Å²) in [4.78, 5) is 34.9. The molecule has 3 aromatic heterocycles. The number of nitrogens with zero attached hydrogens (tertiary/aromatic N) is 2. The molecule has 4 heterocycles. The fourth-order valence-electron chi connectivity index (χ4n) is 2.52. The van der Waals surface area contributed by atoms with Crippen molar-refractivity contribution in [2.75, 3.05) is 5.32 Å². The number of aromatic nitrogens is 3. The van der Waals surface area contributed by atoms with Crippen molar-refractivity contribution in [1.82, 2.24) is 15.0 Å². The largest absolute Gasteiger partial charge is 0.452 e. The number of esters is 1. The van der Waals surface area contributed by atoms with Gasteiger partial charge in [-0.15, -0.1) is 11.3 Å². The standard InChI is InChI=1S/C15H12N4O3S/c20-12-4-3-11(22-12)14(21)19-15-18-10(7-23-15)9-6-17-13-8(9)2-1-5-16-13/h1-2,5-7,11H,3-4H2,(H,16,17)(H,18,19,21). The van der Waals surface area contributed by atoms with Crippen molar-refractivity contribution in [3.63, 3.8) is 0 Å². The monoisotopic (exact) mass is 328 g/mol. The Morgan fingerprint density at radius 3 is 3.22 bits per heavy atom. The van der Waals surface area contributed by atoms with Gasteiger partial charge in [-0.3, -0.25) is 14.9 Å². The third kappa shape index (κ3) is 2.57. The summed E-state index contributed by atoms with van der Waals surface area (Å²) < 4.78 is 4.94. The summed E-state index contributed by atoms with van der Waals surface area (Å²) in [7, 11) is 0. The molecule has 0 saturated carbocycles. The Balaban J connectivity index is 1.55. The minimum atomic E-state index is -0.716. The van der Waals surface area contributed by atoms with Crippen LogP contribution in [0.4, 0.5) is 5.13 Å². The van der Waals surface area contributed by atoms with E-state index in [1.807, 2.05) is 23.7 Å². The Bertz CT molecular complexity index is 901. The lowest BCUT2D eigenvalue weighted by molar-refractivity contribution is -0.146. The average molecular weight is 328 g/mol. The van der Waals surface area contributed by atoms with Gasteiger partial charge in [-0.25, -0.2) is 9.97 Å². The number of amides is 1. The summed E-state index contributed by atoms with van der Waals surface area (Å²) in [5, 5.41) is 6.02. The number of hydrogen-bond donors (Lipinski definition) is 2. The number of thiazole rings is 1. The molecule has 3 aromatic rings. The zero-order chi connectivity index (χ0) is 15.8. The molecule has 116 valence electrons. The van der Waals surface area contributed by atoms with Crippen LogP contribution in [0.2, 0.25) is 0 Å². The number of cyclic esters (lactones) is 1. The van der Waals surface area contributed by atoms with Crippen LogP contribution in [0.5, 0.6) is 0 Å². The lowest BCUT2D eigenvalue weighted by atomic mass is 10.2. The molecule has 0 radical (unpaired) electrons. The average Bonchev–Trinajstić information content (AvgIpc) is 3.26. The Morgan fingerprint density at radius 1 is 1.48 bits per heavy atom. The summed E-state index contributed by atoms with van der Waals surface area (Å²) in [6, 6.07) is 3.83. The molecule has 7 nitrogen and oxygen atoms in total. The summed E-state index contributed by atoms with van der Waals surface area (Å²) in [6.45, 7) is 0. The van der Waals surface area contributed by atoms with Crippen molar-refractivity contribution in [2.45, 2.75) is 18.9 Å². The maximum atomic E-state index is 12.0. The molecule has 1 unspecified atom stereocenters. The molecule has 2 N–H and O–H groups in total. The fourth-order valence-corrected chi connectivity index (χ4v) is 3.23. The van der Waals surface area contributed by atoms with Crippen molar-refractivity contribution >= 4 is 39.4 Å². The highest BCUT2D eigenvalue weighted by Gasteiger charge is 2.30. The number of carbonyl (C=O) groups is 2. The van der Waals surface area contributed by atoms with E-state index >= 15 is 0 Å². The molecule has 0 spiro atoms. The van der Waals surface area contributed by atoms with Crippen molar-refractivity contribution in [1.29, 1.82) is 0 Å². The van der Waals surface area contributed by atoms with E-state index in [4.69, 9.17) is 4.74 Å². The van der Waals surface area contributed by atoms with Crippen LogP contribution in [0.3, 0.4) is 0 Å². The van der Waals surface area contributed by atoms with Gasteiger partial charge in [0.25, 0.3) is 5.91 Å². The molecule has 1 aliphatic heterocycles. The molecular formula is C15H12N4O3S. The van der Waals surface area contributed by atoms with E-state index in [0.717, 1.165) is 22.3 Å². The Hall–Kier alpha value is -2.74. The van der Waals surface area contributed by atoms with E-state index in [-0.39, 0.29) is 18.3 Å². The van der Waals surface area contributed by atoms with Crippen LogP contribution in [0.25, 0.3) is 22.3 Å². The van der Waals surface area contributed by atoms with Gasteiger partial charge < -0.3 is 9.72 Å². The zero-order valence-electron chi connectivity index (χ0n) is 11.9. The van der Waals surface area contributed by atoms with Crippen molar-refractivity contribution in [3.8, 4) is 11.3 Å². The molecule has 1 aliphatic rings. The summed E-state index contributed by atoms with van der Waals surface area (Å²) in [5.74, 6) is -0.673. The maximum Gasteiger partial charge on any atom is 0.306 e. The summed E-state index contributed by atoms with van der Waals surface area (Å²) in [6.07, 6.45) is 3.54. The number of nitrogens with one attached hydrogen (secondary N) is 2. The number of carbonyl (C=O) groups excluding carboxylic acids is 2. The van der Waals surface area contributed by atoms with Crippen LogP contribution in [0.1, 0.15) is 12.8 Å². The van der Waals surface area contributed by atoms with E-state index < -0.39 is 6.10 Å². The van der Waals surface area contributed by atoms with E-state index in [1.54, 1.807) is 6.20 Å². The second-order valence-corrected chi connectivity index (χ2v) is 6.00. The third-order valence-corrected chi connectivity index (χ3v) is 4.40. The van der Waals surface area contributed by atoms with E-state index in [9.17, 15) is 9.59 Å². The molecule has 1 atom stereocenters. The highest BCUT2D eigenvalue weighted by atomic mass is 32.1. The molecular weight excluding hydrogens is 316 g/mol. The fraction of sp³-hybridized carbons (Fsp3) is 0.200. The van der Waals surface area contributed by atoms with E-state index in [2.05, 4.69) is 20.3 Å². The first-order valence-corrected chi connectivity index (χ1v) is 7.97. The predicted octanol–water partition coefficient (Wildman–Crippen LogP) is 2.33. The van der Waals surface area contributed by atoms with Gasteiger partial charge >= 0.3 is 5.97 Å². The van der Waals surface area contributed by atoms with Gasteiger partial charge in [0.1, 0.15) is 5.65 Å². The molecule has 1 fully saturated rings. The second kappa shape index (κ2) is 5.47. The minimum Gasteiger partial charge on any atom is -0.452 e. The minimum absolute atomic E-state index is 0.281. The van der Waals surface area contributed by atoms with Gasteiger partial charge in [-0.05, 0) is 12.1 Å². The third-order valence-electron chi connectivity index (χ3n) is 3.64. The van der Waals surface area contributed by atoms with Gasteiger partial charge in [0.05, 0.1) is 5.69 Å². The van der Waals surface area contributed by atoms with Crippen LogP contribution >= 0.6 is 11.3 Å². The number of hydrogen-bond acceptors (Lipinski definition) is 6. The first-order chi connectivity index (χ1) is 11.2. The Labute approximate surface area is 134 Å². The van der Waals surface area contributed by atoms with E-state index in [0.29, 0.717) is 11.6 Å². The first-order valence-electron chi connectivity index (χ1n) is 7.09. The number of ether oxygens (including phenoxy) is 1. The van der Waals surface area contributed by atoms with Crippen molar-refractivity contribution in [2.24, 2.45) is 0 Å². The van der Waals surface area contributed by atoms with Gasteiger partial charge in [0.2, 0.25) is 0 Å². The number of aromatic amines is 1. The van der Waals surface area contributed by atoms with Crippen molar-refractivity contribution in [3.05, 3.63) is 29.9 Å². The summed E-state index contributed by atoms with van der Waals surface area (Å²) in [5.41, 5.74) is 2.48. The first kappa shape index (κ1) is 13.9. The number of fused-ring (bicyclic) bond motifs is 1. The molecule has 4 rings (SSSR count). The molecule has 1 amide bonds. The smallest absolute Gasteiger partial charge is 0.306 e. The molecule has 1 saturated heterocycles. The maximum absolute atomic E-state index is 12.0. The highest BCUT2D eigenvalue weighted by molar-refractivity contribution is 7.14. The Morgan fingerprint density at radius 2 is 2.39 bits per heavy atom. The summed E-state index contributed by atoms with van der Waals surface area (Å²) >= 11 is 1.33. The molecule has 0 bridgehead atoms. The van der Waals surface area contributed by atoms with Gasteiger partial charge in [-0.1, -0.05) is 0 Å². The van der Waals surface area contributed by atoms with Gasteiger partial charge in [0, 0.05) is 41.6 Å².